The van der Waals surface area contributed by atoms with E-state index in [4.69, 9.17) is 0 Å². The molecule has 3 nitrogen and oxygen atoms in total. The van der Waals surface area contributed by atoms with Crippen molar-refractivity contribution in [1.29, 1.82) is 0 Å². The number of hydrogen-bond donors (Lipinski definition) is 1. The number of halogens is 1. The minimum Gasteiger partial charge on any atom is -0.323 e. The lowest BCUT2D eigenvalue weighted by atomic mass is 10.2. The molecule has 1 N–H and O–H groups in total. The average Bonchev–Trinajstić information content (AvgIpc) is 2.68. The lowest BCUT2D eigenvalue weighted by molar-refractivity contribution is 0.527. The van der Waals surface area contributed by atoms with E-state index < -0.39 is 0 Å². The molecule has 0 aliphatic carbocycles. The Bertz CT molecular complexity index is 491. The Kier molecular flexibility index (Phi) is 3.42. The molecule has 0 amide bonds. The van der Waals surface area contributed by atoms with Crippen LogP contribution in [0.2, 0.25) is 0 Å². The number of aromatic nitrogens is 2. The lowest BCUT2D eigenvalue weighted by Crippen LogP contribution is -2.08. The van der Waals surface area contributed by atoms with Crippen molar-refractivity contribution in [3.63, 3.8) is 0 Å². The van der Waals surface area contributed by atoms with Crippen molar-refractivity contribution in [2.75, 3.05) is 5.32 Å². The molecule has 0 bridgehead atoms. The molecular formula is C13H16FN3. The quantitative estimate of drug-likeness (QED) is 0.876. The van der Waals surface area contributed by atoms with Crippen LogP contribution in [0.25, 0.3) is 0 Å². The third kappa shape index (κ3) is 2.84. The number of para-hydroxylation sites is 1. The molecule has 0 aliphatic heterocycles. The van der Waals surface area contributed by atoms with E-state index in [1.54, 1.807) is 24.4 Å². The zero-order chi connectivity index (χ0) is 12.3. The van der Waals surface area contributed by atoms with E-state index in [-0.39, 0.29) is 5.82 Å². The SMILES string of the molecule is CC(C)Cn1ccnc1Nc1ccccc1F. The first kappa shape index (κ1) is 11.6. The number of rotatable bonds is 4. The predicted octanol–water partition coefficient (Wildman–Crippen LogP) is 3.42. The van der Waals surface area contributed by atoms with Crippen LogP contribution in [0.1, 0.15) is 13.8 Å². The van der Waals surface area contributed by atoms with E-state index >= 15 is 0 Å². The molecule has 0 aliphatic rings. The second-order valence-corrected chi connectivity index (χ2v) is 4.40. The normalized spacial score (nSPS) is 10.8. The fourth-order valence-corrected chi connectivity index (χ4v) is 1.66. The summed E-state index contributed by atoms with van der Waals surface area (Å²) in [5, 5.41) is 3.00. The van der Waals surface area contributed by atoms with Crippen LogP contribution < -0.4 is 5.32 Å². The van der Waals surface area contributed by atoms with E-state index in [0.717, 1.165) is 6.54 Å². The molecule has 0 saturated carbocycles. The van der Waals surface area contributed by atoms with Gasteiger partial charge in [-0.05, 0) is 18.1 Å². The van der Waals surface area contributed by atoms with Crippen LogP contribution in [0, 0.1) is 11.7 Å². The highest BCUT2D eigenvalue weighted by molar-refractivity contribution is 5.54. The molecule has 0 unspecified atom stereocenters. The summed E-state index contributed by atoms with van der Waals surface area (Å²) >= 11 is 0. The summed E-state index contributed by atoms with van der Waals surface area (Å²) in [5.41, 5.74) is 0.448. The summed E-state index contributed by atoms with van der Waals surface area (Å²) in [6, 6.07) is 6.59. The van der Waals surface area contributed by atoms with Crippen molar-refractivity contribution in [3.05, 3.63) is 42.5 Å². The maximum Gasteiger partial charge on any atom is 0.207 e. The summed E-state index contributed by atoms with van der Waals surface area (Å²) in [6.07, 6.45) is 3.61. The Balaban J connectivity index is 2.19. The highest BCUT2D eigenvalue weighted by Crippen LogP contribution is 2.18. The van der Waals surface area contributed by atoms with Crippen LogP contribution in [0.3, 0.4) is 0 Å². The van der Waals surface area contributed by atoms with Gasteiger partial charge in [0.05, 0.1) is 5.69 Å². The summed E-state index contributed by atoms with van der Waals surface area (Å²) in [5.74, 6) is 0.917. The van der Waals surface area contributed by atoms with Crippen LogP contribution in [0.15, 0.2) is 36.7 Å². The van der Waals surface area contributed by atoms with E-state index in [1.807, 2.05) is 10.8 Å². The van der Waals surface area contributed by atoms with Gasteiger partial charge < -0.3 is 9.88 Å². The van der Waals surface area contributed by atoms with Crippen molar-refractivity contribution >= 4 is 11.6 Å². The fourth-order valence-electron chi connectivity index (χ4n) is 1.66. The van der Waals surface area contributed by atoms with Crippen LogP contribution in [0.5, 0.6) is 0 Å². The van der Waals surface area contributed by atoms with Crippen LogP contribution in [-0.4, -0.2) is 9.55 Å². The minimum atomic E-state index is -0.272. The molecule has 90 valence electrons. The molecule has 17 heavy (non-hydrogen) atoms. The van der Waals surface area contributed by atoms with Gasteiger partial charge in [0.15, 0.2) is 0 Å². The second kappa shape index (κ2) is 4.99. The number of nitrogens with one attached hydrogen (secondary N) is 1. The van der Waals surface area contributed by atoms with Crippen molar-refractivity contribution in [2.45, 2.75) is 20.4 Å². The summed E-state index contributed by atoms with van der Waals surface area (Å²) in [6.45, 7) is 5.12. The van der Waals surface area contributed by atoms with Crippen LogP contribution in [-0.2, 0) is 6.54 Å². The zero-order valence-electron chi connectivity index (χ0n) is 10.0. The first-order valence-corrected chi connectivity index (χ1v) is 5.69. The molecule has 1 aromatic heterocycles. The van der Waals surface area contributed by atoms with Gasteiger partial charge in [0.1, 0.15) is 5.82 Å². The van der Waals surface area contributed by atoms with Gasteiger partial charge in [-0.15, -0.1) is 0 Å². The number of anilines is 2. The van der Waals surface area contributed by atoms with E-state index in [2.05, 4.69) is 24.1 Å². The van der Waals surface area contributed by atoms with Crippen LogP contribution >= 0.6 is 0 Å². The number of nitrogens with zero attached hydrogens (tertiary/aromatic N) is 2. The third-order valence-electron chi connectivity index (χ3n) is 2.40. The van der Waals surface area contributed by atoms with Crippen molar-refractivity contribution in [2.24, 2.45) is 5.92 Å². The van der Waals surface area contributed by atoms with Gasteiger partial charge in [-0.2, -0.15) is 0 Å². The molecule has 0 spiro atoms. The summed E-state index contributed by atoms with van der Waals surface area (Å²) in [4.78, 5) is 4.19. The van der Waals surface area contributed by atoms with E-state index in [1.165, 1.54) is 6.07 Å². The number of imidazole rings is 1. The zero-order valence-corrected chi connectivity index (χ0v) is 10.0. The molecule has 1 heterocycles. The Morgan fingerprint density at radius 3 is 2.82 bits per heavy atom. The van der Waals surface area contributed by atoms with Crippen molar-refractivity contribution in [3.8, 4) is 0 Å². The molecular weight excluding hydrogens is 217 g/mol. The molecule has 2 aromatic rings. The minimum absolute atomic E-state index is 0.272. The average molecular weight is 233 g/mol. The smallest absolute Gasteiger partial charge is 0.207 e. The Hall–Kier alpha value is -1.84. The van der Waals surface area contributed by atoms with Gasteiger partial charge in [0.2, 0.25) is 5.95 Å². The summed E-state index contributed by atoms with van der Waals surface area (Å²) < 4.78 is 15.5. The highest BCUT2D eigenvalue weighted by Gasteiger charge is 2.07. The predicted molar refractivity (Wildman–Crippen MR) is 66.7 cm³/mol. The Labute approximate surface area is 100 Å². The molecule has 0 fully saturated rings. The molecule has 4 heteroatoms. The molecule has 0 radical (unpaired) electrons. The van der Waals surface area contributed by atoms with Gasteiger partial charge in [-0.1, -0.05) is 26.0 Å². The largest absolute Gasteiger partial charge is 0.323 e. The number of hydrogen-bond acceptors (Lipinski definition) is 2. The first-order chi connectivity index (χ1) is 8.16. The molecule has 2 rings (SSSR count). The molecule has 1 aromatic carbocycles. The monoisotopic (exact) mass is 233 g/mol. The Morgan fingerprint density at radius 1 is 1.35 bits per heavy atom. The third-order valence-corrected chi connectivity index (χ3v) is 2.40. The lowest BCUT2D eigenvalue weighted by Gasteiger charge is -2.12. The van der Waals surface area contributed by atoms with Crippen molar-refractivity contribution < 1.29 is 4.39 Å². The topological polar surface area (TPSA) is 29.9 Å². The maximum absolute atomic E-state index is 13.5. The maximum atomic E-state index is 13.5. The Morgan fingerprint density at radius 2 is 2.12 bits per heavy atom. The van der Waals surface area contributed by atoms with Gasteiger partial charge in [-0.3, -0.25) is 0 Å². The highest BCUT2D eigenvalue weighted by atomic mass is 19.1. The molecule has 0 atom stereocenters. The van der Waals surface area contributed by atoms with Crippen LogP contribution in [0.4, 0.5) is 16.0 Å². The fraction of sp³-hybridized carbons (Fsp3) is 0.308. The van der Waals surface area contributed by atoms with E-state index in [9.17, 15) is 4.39 Å². The molecule has 0 saturated heterocycles. The standard InChI is InChI=1S/C13H16FN3/c1-10(2)9-17-8-7-15-13(17)16-12-6-4-3-5-11(12)14/h3-8,10H,9H2,1-2H3,(H,15,16). The van der Waals surface area contributed by atoms with Gasteiger partial charge in [-0.25, -0.2) is 9.37 Å². The van der Waals surface area contributed by atoms with Gasteiger partial charge in [0, 0.05) is 18.9 Å². The van der Waals surface area contributed by atoms with Gasteiger partial charge >= 0.3 is 0 Å². The first-order valence-electron chi connectivity index (χ1n) is 5.69. The van der Waals surface area contributed by atoms with Gasteiger partial charge in [0.25, 0.3) is 0 Å². The summed E-state index contributed by atoms with van der Waals surface area (Å²) in [7, 11) is 0. The second-order valence-electron chi connectivity index (χ2n) is 4.40. The van der Waals surface area contributed by atoms with Crippen molar-refractivity contribution in [1.82, 2.24) is 9.55 Å². The van der Waals surface area contributed by atoms with E-state index in [0.29, 0.717) is 17.6 Å². The number of benzene rings is 1.